The van der Waals surface area contributed by atoms with E-state index in [9.17, 15) is 18.0 Å². The largest absolute Gasteiger partial charge is 0.417 e. The van der Waals surface area contributed by atoms with Gasteiger partial charge in [-0.05, 0) is 18.9 Å². The third-order valence-electron chi connectivity index (χ3n) is 2.34. The molecule has 0 N–H and O–H groups in total. The minimum atomic E-state index is -4.41. The molecule has 0 bridgehead atoms. The Morgan fingerprint density at radius 1 is 1.18 bits per heavy atom. The standard InChI is InChI=1S/C11H13ClF3NO/c12-6-2-1-3-7-16-8-9(11(13,14)15)4-5-10(16)17/h4-5,8H,1-3,6-7H2. The fraction of sp³-hybridized carbons (Fsp3) is 0.545. The second-order valence-corrected chi connectivity index (χ2v) is 4.07. The first-order valence-electron chi connectivity index (χ1n) is 5.29. The van der Waals surface area contributed by atoms with Crippen LogP contribution in [-0.2, 0) is 12.7 Å². The number of aryl methyl sites for hydroxylation is 1. The van der Waals surface area contributed by atoms with Crippen molar-refractivity contribution < 1.29 is 13.2 Å². The lowest BCUT2D eigenvalue weighted by Crippen LogP contribution is -2.21. The van der Waals surface area contributed by atoms with Crippen LogP contribution in [0.2, 0.25) is 0 Å². The van der Waals surface area contributed by atoms with Gasteiger partial charge in [0.25, 0.3) is 5.56 Å². The highest BCUT2D eigenvalue weighted by atomic mass is 35.5. The number of nitrogens with zero attached hydrogens (tertiary/aromatic N) is 1. The summed E-state index contributed by atoms with van der Waals surface area (Å²) in [6.45, 7) is 0.291. The molecule has 0 aromatic carbocycles. The van der Waals surface area contributed by atoms with Crippen LogP contribution < -0.4 is 5.56 Å². The predicted molar refractivity (Wildman–Crippen MR) is 60.3 cm³/mol. The molecule has 0 saturated heterocycles. The zero-order valence-corrected chi connectivity index (χ0v) is 9.89. The summed E-state index contributed by atoms with van der Waals surface area (Å²) in [6.07, 6.45) is -1.30. The van der Waals surface area contributed by atoms with Gasteiger partial charge in [0.15, 0.2) is 0 Å². The maximum atomic E-state index is 12.4. The zero-order valence-electron chi connectivity index (χ0n) is 9.13. The number of unbranched alkanes of at least 4 members (excludes halogenated alkanes) is 2. The Balaban J connectivity index is 2.74. The molecule has 0 atom stereocenters. The van der Waals surface area contributed by atoms with Crippen molar-refractivity contribution in [1.82, 2.24) is 4.57 Å². The third-order valence-corrected chi connectivity index (χ3v) is 2.61. The molecule has 1 aromatic heterocycles. The molecule has 0 amide bonds. The maximum Gasteiger partial charge on any atom is 0.417 e. The summed E-state index contributed by atoms with van der Waals surface area (Å²) >= 11 is 5.48. The van der Waals surface area contributed by atoms with Crippen LogP contribution in [-0.4, -0.2) is 10.4 Å². The van der Waals surface area contributed by atoms with Crippen molar-refractivity contribution in [3.05, 3.63) is 34.2 Å². The molecular formula is C11H13ClF3NO. The van der Waals surface area contributed by atoms with E-state index in [4.69, 9.17) is 11.6 Å². The molecule has 0 saturated carbocycles. The second-order valence-electron chi connectivity index (χ2n) is 3.70. The molecule has 17 heavy (non-hydrogen) atoms. The monoisotopic (exact) mass is 267 g/mol. The molecule has 96 valence electrons. The van der Waals surface area contributed by atoms with Crippen LogP contribution >= 0.6 is 11.6 Å². The van der Waals surface area contributed by atoms with E-state index < -0.39 is 17.3 Å². The fourth-order valence-corrected chi connectivity index (χ4v) is 1.62. The molecule has 0 aliphatic heterocycles. The molecule has 0 aliphatic rings. The highest BCUT2D eigenvalue weighted by molar-refractivity contribution is 6.17. The van der Waals surface area contributed by atoms with E-state index >= 15 is 0 Å². The minimum Gasteiger partial charge on any atom is -0.315 e. The Kier molecular flexibility index (Phi) is 5.05. The highest BCUT2D eigenvalue weighted by Crippen LogP contribution is 2.28. The van der Waals surface area contributed by atoms with Crippen molar-refractivity contribution in [2.75, 3.05) is 5.88 Å². The van der Waals surface area contributed by atoms with E-state index in [-0.39, 0.29) is 0 Å². The molecule has 1 heterocycles. The van der Waals surface area contributed by atoms with Gasteiger partial charge in [0.1, 0.15) is 0 Å². The lowest BCUT2D eigenvalue weighted by atomic mass is 10.2. The minimum absolute atomic E-state index is 0.291. The van der Waals surface area contributed by atoms with E-state index in [0.717, 1.165) is 35.7 Å². The number of hydrogen-bond donors (Lipinski definition) is 0. The Hall–Kier alpha value is -0.970. The van der Waals surface area contributed by atoms with Gasteiger partial charge in [-0.3, -0.25) is 4.79 Å². The van der Waals surface area contributed by atoms with E-state index in [0.29, 0.717) is 18.8 Å². The second kappa shape index (κ2) is 6.10. The number of aromatic nitrogens is 1. The summed E-state index contributed by atoms with van der Waals surface area (Å²) in [5, 5.41) is 0. The molecule has 1 rings (SSSR count). The fourth-order valence-electron chi connectivity index (χ4n) is 1.43. The Morgan fingerprint density at radius 3 is 2.47 bits per heavy atom. The van der Waals surface area contributed by atoms with Gasteiger partial charge in [0.05, 0.1) is 5.56 Å². The van der Waals surface area contributed by atoms with Crippen molar-refractivity contribution in [3.63, 3.8) is 0 Å². The summed E-state index contributed by atoms with van der Waals surface area (Å²) in [6, 6.07) is 1.75. The number of rotatable bonds is 5. The Labute approximate surface area is 102 Å². The number of alkyl halides is 4. The van der Waals surface area contributed by atoms with Gasteiger partial charge in [-0.25, -0.2) is 0 Å². The van der Waals surface area contributed by atoms with Gasteiger partial charge < -0.3 is 4.57 Å². The van der Waals surface area contributed by atoms with Gasteiger partial charge in [-0.1, -0.05) is 6.42 Å². The molecule has 0 radical (unpaired) electrons. The number of halogens is 4. The zero-order chi connectivity index (χ0) is 12.9. The van der Waals surface area contributed by atoms with Crippen LogP contribution in [0.1, 0.15) is 24.8 Å². The van der Waals surface area contributed by atoms with Gasteiger partial charge >= 0.3 is 6.18 Å². The van der Waals surface area contributed by atoms with Gasteiger partial charge in [-0.2, -0.15) is 13.2 Å². The summed E-state index contributed by atoms with van der Waals surface area (Å²) in [5.74, 6) is 0.525. The molecule has 1 aromatic rings. The van der Waals surface area contributed by atoms with Crippen LogP contribution in [0.15, 0.2) is 23.1 Å². The molecular weight excluding hydrogens is 255 g/mol. The molecule has 0 unspecified atom stereocenters. The topological polar surface area (TPSA) is 22.0 Å². The summed E-state index contributed by atoms with van der Waals surface area (Å²) < 4.78 is 38.3. The molecule has 0 fully saturated rings. The Morgan fingerprint density at radius 2 is 1.88 bits per heavy atom. The molecule has 2 nitrogen and oxygen atoms in total. The summed E-state index contributed by atoms with van der Waals surface area (Å²) in [4.78, 5) is 11.3. The van der Waals surface area contributed by atoms with E-state index in [1.165, 1.54) is 0 Å². The van der Waals surface area contributed by atoms with E-state index in [2.05, 4.69) is 0 Å². The van der Waals surface area contributed by atoms with Crippen LogP contribution in [0.25, 0.3) is 0 Å². The van der Waals surface area contributed by atoms with Crippen LogP contribution in [0, 0.1) is 0 Å². The lowest BCUT2D eigenvalue weighted by Gasteiger charge is -2.10. The lowest BCUT2D eigenvalue weighted by molar-refractivity contribution is -0.138. The quantitative estimate of drug-likeness (QED) is 0.593. The van der Waals surface area contributed by atoms with Gasteiger partial charge in [-0.15, -0.1) is 11.6 Å². The molecule has 6 heteroatoms. The first-order chi connectivity index (χ1) is 7.95. The van der Waals surface area contributed by atoms with Gasteiger partial charge in [0, 0.05) is 24.7 Å². The van der Waals surface area contributed by atoms with Crippen molar-refractivity contribution in [2.45, 2.75) is 32.0 Å². The van der Waals surface area contributed by atoms with Crippen LogP contribution in [0.3, 0.4) is 0 Å². The van der Waals surface area contributed by atoms with Crippen molar-refractivity contribution in [3.8, 4) is 0 Å². The molecule has 0 aliphatic carbocycles. The van der Waals surface area contributed by atoms with Crippen molar-refractivity contribution in [2.24, 2.45) is 0 Å². The summed E-state index contributed by atoms with van der Waals surface area (Å²) in [7, 11) is 0. The highest BCUT2D eigenvalue weighted by Gasteiger charge is 2.30. The smallest absolute Gasteiger partial charge is 0.315 e. The van der Waals surface area contributed by atoms with E-state index in [1.807, 2.05) is 0 Å². The number of hydrogen-bond acceptors (Lipinski definition) is 1. The normalized spacial score (nSPS) is 11.8. The first-order valence-corrected chi connectivity index (χ1v) is 5.82. The average molecular weight is 268 g/mol. The Bertz CT molecular complexity index is 414. The van der Waals surface area contributed by atoms with Crippen LogP contribution in [0.5, 0.6) is 0 Å². The van der Waals surface area contributed by atoms with Crippen molar-refractivity contribution >= 4 is 11.6 Å². The first kappa shape index (κ1) is 14.1. The summed E-state index contributed by atoms with van der Waals surface area (Å²) in [5.41, 5.74) is -1.21. The van der Waals surface area contributed by atoms with Crippen LogP contribution in [0.4, 0.5) is 13.2 Å². The molecule has 0 spiro atoms. The van der Waals surface area contributed by atoms with Gasteiger partial charge in [0.2, 0.25) is 0 Å². The number of pyridine rings is 1. The van der Waals surface area contributed by atoms with Crippen molar-refractivity contribution in [1.29, 1.82) is 0 Å². The predicted octanol–water partition coefficient (Wildman–Crippen LogP) is 3.28. The van der Waals surface area contributed by atoms with E-state index in [1.54, 1.807) is 0 Å². The SMILES string of the molecule is O=c1ccc(C(F)(F)F)cn1CCCCCCl. The third kappa shape index (κ3) is 4.42. The maximum absolute atomic E-state index is 12.4. The average Bonchev–Trinajstić information content (AvgIpc) is 2.25.